The average Bonchev–Trinajstić information content (AvgIpc) is 2.71. The van der Waals surface area contributed by atoms with Gasteiger partial charge in [0.2, 0.25) is 0 Å². The summed E-state index contributed by atoms with van der Waals surface area (Å²) in [6, 6.07) is 15.1. The van der Waals surface area contributed by atoms with E-state index in [1.165, 1.54) is 0 Å². The topological polar surface area (TPSA) is 65.7 Å². The Balaban J connectivity index is 1.60. The molecule has 0 saturated heterocycles. The van der Waals surface area contributed by atoms with Crippen LogP contribution >= 0.6 is 0 Å². The first-order chi connectivity index (χ1) is 13.6. The lowest BCUT2D eigenvalue weighted by atomic mass is 10.0. The van der Waals surface area contributed by atoms with E-state index in [1.807, 2.05) is 55.5 Å². The summed E-state index contributed by atoms with van der Waals surface area (Å²) in [5, 5.41) is 0.828. The third-order valence-corrected chi connectivity index (χ3v) is 4.52. The molecule has 0 aliphatic rings. The van der Waals surface area contributed by atoms with Gasteiger partial charge in [0.05, 0.1) is 7.11 Å². The molecule has 3 rings (SSSR count). The van der Waals surface area contributed by atoms with Crippen molar-refractivity contribution in [1.82, 2.24) is 0 Å². The Kier molecular flexibility index (Phi) is 6.27. The first-order valence-corrected chi connectivity index (χ1v) is 9.06. The van der Waals surface area contributed by atoms with Crippen LogP contribution in [0.15, 0.2) is 63.8 Å². The predicted molar refractivity (Wildman–Crippen MR) is 109 cm³/mol. The summed E-state index contributed by atoms with van der Waals surface area (Å²) in [4.78, 5) is 24.3. The van der Waals surface area contributed by atoms with Gasteiger partial charge in [-0.2, -0.15) is 0 Å². The molecular formula is C23H22O5. The number of hydrogen-bond donors (Lipinski definition) is 0. The fourth-order valence-electron chi connectivity index (χ4n) is 2.98. The maximum absolute atomic E-state index is 12.3. The summed E-state index contributed by atoms with van der Waals surface area (Å²) in [6.45, 7) is 2.05. The minimum absolute atomic E-state index is 0.117. The van der Waals surface area contributed by atoms with Crippen LogP contribution in [0.5, 0.6) is 5.75 Å². The van der Waals surface area contributed by atoms with E-state index in [1.54, 1.807) is 19.3 Å². The van der Waals surface area contributed by atoms with Gasteiger partial charge in [-0.15, -0.1) is 0 Å². The minimum Gasteiger partial charge on any atom is -0.497 e. The summed E-state index contributed by atoms with van der Waals surface area (Å²) in [5.74, 6) is 0.265. The lowest BCUT2D eigenvalue weighted by molar-refractivity contribution is -0.142. The van der Waals surface area contributed by atoms with E-state index in [2.05, 4.69) is 0 Å². The predicted octanol–water partition coefficient (Wildman–Crippen LogP) is 4.30. The lowest BCUT2D eigenvalue weighted by Gasteiger charge is -2.08. The second kappa shape index (κ2) is 9.04. The molecule has 0 N–H and O–H groups in total. The summed E-state index contributed by atoms with van der Waals surface area (Å²) < 4.78 is 15.8. The number of fused-ring (bicyclic) bond motifs is 1. The number of hydrogen-bond acceptors (Lipinski definition) is 5. The fourth-order valence-corrected chi connectivity index (χ4v) is 2.98. The zero-order valence-electron chi connectivity index (χ0n) is 15.9. The molecule has 0 spiro atoms. The third kappa shape index (κ3) is 4.68. The van der Waals surface area contributed by atoms with Gasteiger partial charge >= 0.3 is 11.6 Å². The molecule has 5 heteroatoms. The fraction of sp³-hybridized carbons (Fsp3) is 0.217. The van der Waals surface area contributed by atoms with Gasteiger partial charge in [0, 0.05) is 23.4 Å². The molecule has 1 heterocycles. The van der Waals surface area contributed by atoms with Crippen LogP contribution in [0.1, 0.15) is 23.1 Å². The monoisotopic (exact) mass is 378 g/mol. The number of carbonyl (C=O) groups excluding carboxylic acids is 1. The highest BCUT2D eigenvalue weighted by Crippen LogP contribution is 2.24. The van der Waals surface area contributed by atoms with Gasteiger partial charge in [-0.05, 0) is 42.7 Å². The van der Waals surface area contributed by atoms with E-state index < -0.39 is 5.63 Å². The molecule has 28 heavy (non-hydrogen) atoms. The second-order valence-corrected chi connectivity index (χ2v) is 6.35. The van der Waals surface area contributed by atoms with Crippen LogP contribution in [-0.4, -0.2) is 19.7 Å². The number of rotatable bonds is 7. The van der Waals surface area contributed by atoms with Crippen LogP contribution in [0.4, 0.5) is 0 Å². The molecule has 0 radical (unpaired) electrons. The Labute approximate surface area is 163 Å². The van der Waals surface area contributed by atoms with Crippen molar-refractivity contribution < 1.29 is 18.7 Å². The summed E-state index contributed by atoms with van der Waals surface area (Å²) in [7, 11) is 1.56. The Morgan fingerprint density at radius 1 is 1.14 bits per heavy atom. The number of benzene rings is 2. The number of methoxy groups -OCH3 is 1. The van der Waals surface area contributed by atoms with Crippen molar-refractivity contribution in [3.05, 3.63) is 81.7 Å². The summed E-state index contributed by atoms with van der Waals surface area (Å²) in [5.41, 5.74) is 2.38. The number of ether oxygens (including phenoxy) is 2. The minimum atomic E-state index is -0.435. The Bertz CT molecular complexity index is 1050. The van der Waals surface area contributed by atoms with E-state index in [0.29, 0.717) is 16.9 Å². The van der Waals surface area contributed by atoms with E-state index in [9.17, 15) is 9.59 Å². The number of esters is 1. The molecule has 0 amide bonds. The van der Waals surface area contributed by atoms with E-state index in [0.717, 1.165) is 16.5 Å². The van der Waals surface area contributed by atoms with Crippen molar-refractivity contribution in [3.63, 3.8) is 0 Å². The first-order valence-electron chi connectivity index (χ1n) is 9.06. The van der Waals surface area contributed by atoms with Gasteiger partial charge in [-0.1, -0.05) is 36.4 Å². The van der Waals surface area contributed by atoms with Crippen molar-refractivity contribution in [2.24, 2.45) is 0 Å². The van der Waals surface area contributed by atoms with Crippen molar-refractivity contribution in [1.29, 1.82) is 0 Å². The Morgan fingerprint density at radius 2 is 1.93 bits per heavy atom. The third-order valence-electron chi connectivity index (χ3n) is 4.52. The lowest BCUT2D eigenvalue weighted by Crippen LogP contribution is -2.13. The number of aryl methyl sites for hydroxylation is 1. The van der Waals surface area contributed by atoms with Crippen molar-refractivity contribution >= 4 is 23.0 Å². The molecule has 0 atom stereocenters. The Hall–Kier alpha value is -3.34. The molecule has 0 fully saturated rings. The summed E-state index contributed by atoms with van der Waals surface area (Å²) in [6.07, 6.45) is 4.07. The molecular weight excluding hydrogens is 356 g/mol. The Morgan fingerprint density at radius 3 is 2.68 bits per heavy atom. The quantitative estimate of drug-likeness (QED) is 0.453. The highest BCUT2D eigenvalue weighted by Gasteiger charge is 2.14. The molecule has 1 aromatic heterocycles. The van der Waals surface area contributed by atoms with E-state index >= 15 is 0 Å². The van der Waals surface area contributed by atoms with Gasteiger partial charge in [-0.25, -0.2) is 4.79 Å². The van der Waals surface area contributed by atoms with Crippen LogP contribution in [-0.2, 0) is 16.0 Å². The highest BCUT2D eigenvalue weighted by atomic mass is 16.5. The second-order valence-electron chi connectivity index (χ2n) is 6.35. The number of carbonyl (C=O) groups is 1. The zero-order valence-corrected chi connectivity index (χ0v) is 15.9. The van der Waals surface area contributed by atoms with E-state index in [4.69, 9.17) is 13.9 Å². The first kappa shape index (κ1) is 19.4. The molecule has 0 unspecified atom stereocenters. The largest absolute Gasteiger partial charge is 0.497 e. The molecule has 5 nitrogen and oxygen atoms in total. The average molecular weight is 378 g/mol. The van der Waals surface area contributed by atoms with Crippen LogP contribution in [0.2, 0.25) is 0 Å². The molecule has 0 saturated carbocycles. The molecule has 2 aromatic carbocycles. The normalized spacial score (nSPS) is 11.1. The standard InChI is InChI=1S/C23H22O5/c1-16-19-11-10-18(26-2)15-21(19)28-23(25)20(16)12-13-22(24)27-14-6-9-17-7-4-3-5-8-17/h3-11,15H,12-14H2,1-2H3/b9-6+. The van der Waals surface area contributed by atoms with Gasteiger partial charge in [-0.3, -0.25) is 4.79 Å². The van der Waals surface area contributed by atoms with Gasteiger partial charge < -0.3 is 13.9 Å². The SMILES string of the molecule is COc1ccc2c(C)c(CCC(=O)OC/C=C/c3ccccc3)c(=O)oc2c1. The van der Waals surface area contributed by atoms with Gasteiger partial charge in [0.15, 0.2) is 0 Å². The smallest absolute Gasteiger partial charge is 0.339 e. The van der Waals surface area contributed by atoms with Crippen molar-refractivity contribution in [2.75, 3.05) is 13.7 Å². The zero-order chi connectivity index (χ0) is 19.9. The van der Waals surface area contributed by atoms with Crippen LogP contribution in [0.3, 0.4) is 0 Å². The molecule has 0 aliphatic heterocycles. The van der Waals surface area contributed by atoms with Gasteiger partial charge in [0.1, 0.15) is 17.9 Å². The highest BCUT2D eigenvalue weighted by molar-refractivity contribution is 5.82. The van der Waals surface area contributed by atoms with Crippen LogP contribution < -0.4 is 10.4 Å². The molecule has 3 aromatic rings. The maximum Gasteiger partial charge on any atom is 0.339 e. The molecule has 0 aliphatic carbocycles. The van der Waals surface area contributed by atoms with Crippen LogP contribution in [0, 0.1) is 6.92 Å². The van der Waals surface area contributed by atoms with Crippen LogP contribution in [0.25, 0.3) is 17.0 Å². The van der Waals surface area contributed by atoms with Crippen molar-refractivity contribution in [2.45, 2.75) is 19.8 Å². The summed E-state index contributed by atoms with van der Waals surface area (Å²) >= 11 is 0. The molecule has 0 bridgehead atoms. The van der Waals surface area contributed by atoms with E-state index in [-0.39, 0.29) is 25.4 Å². The van der Waals surface area contributed by atoms with Gasteiger partial charge in [0.25, 0.3) is 0 Å². The molecule has 144 valence electrons. The van der Waals surface area contributed by atoms with Crippen molar-refractivity contribution in [3.8, 4) is 5.75 Å². The maximum atomic E-state index is 12.3.